The summed E-state index contributed by atoms with van der Waals surface area (Å²) < 4.78 is 21.0. The second kappa shape index (κ2) is 1.70. The number of nitrogens with one attached hydrogen (secondary N) is 1. The summed E-state index contributed by atoms with van der Waals surface area (Å²) in [4.78, 5) is 0. The van der Waals surface area contributed by atoms with Crippen LogP contribution in [0.5, 0.6) is 0 Å². The molecule has 2 heteroatoms. The molecule has 0 bridgehead atoms. The van der Waals surface area contributed by atoms with Gasteiger partial charge in [0.25, 0.3) is 7.41 Å². The van der Waals surface area contributed by atoms with Gasteiger partial charge in [-0.05, 0) is 12.3 Å². The van der Waals surface area contributed by atoms with Crippen LogP contribution in [0.2, 0.25) is 1.41 Å². The molecule has 0 aliphatic carbocycles. The molecule has 6 heavy (non-hydrogen) atoms. The van der Waals surface area contributed by atoms with Crippen molar-refractivity contribution >= 4 is 7.41 Å². The molecular weight excluding hydrogens is 72.9 g/mol. The Morgan fingerprint density at radius 3 is 3.67 bits per heavy atom. The maximum absolute atomic E-state index is 7.02. The lowest BCUT2D eigenvalue weighted by molar-refractivity contribution is 1.35. The first-order valence-corrected chi connectivity index (χ1v) is 1.67. The van der Waals surface area contributed by atoms with Gasteiger partial charge in [-0.2, -0.15) is 0 Å². The molecule has 0 aromatic rings. The summed E-state index contributed by atoms with van der Waals surface area (Å²) in [6, 6.07) is 0.192. The van der Waals surface area contributed by atoms with Crippen LogP contribution in [0.25, 0.3) is 0 Å². The molecule has 0 saturated heterocycles. The van der Waals surface area contributed by atoms with Gasteiger partial charge in [-0.3, -0.25) is 0 Å². The Labute approximate surface area is 42.3 Å². The van der Waals surface area contributed by atoms with Crippen molar-refractivity contribution in [2.24, 2.45) is 0 Å². The molecule has 0 aromatic carbocycles. The predicted octanol–water partition coefficient (Wildman–Crippen LogP) is 0.236. The maximum atomic E-state index is 7.02. The van der Waals surface area contributed by atoms with E-state index in [1.807, 2.05) is 0 Å². The Balaban J connectivity index is 2.74. The van der Waals surface area contributed by atoms with Crippen LogP contribution < -0.4 is 5.22 Å². The van der Waals surface area contributed by atoms with Crippen molar-refractivity contribution < 1.29 is 4.15 Å². The summed E-state index contributed by atoms with van der Waals surface area (Å²) in [6.07, 6.45) is 2.70. The average Bonchev–Trinajstić information content (AvgIpc) is 1.59. The molecule has 0 spiro atoms. The van der Waals surface area contributed by atoms with Crippen molar-refractivity contribution in [1.29, 1.82) is 0 Å². The molecule has 1 rings (SSSR count). The molecule has 0 saturated carbocycles. The lowest BCUT2D eigenvalue weighted by Gasteiger charge is -1.91. The van der Waals surface area contributed by atoms with Gasteiger partial charge >= 0.3 is 0 Å². The van der Waals surface area contributed by atoms with E-state index in [0.29, 0.717) is 0 Å². The molecule has 1 aliphatic heterocycles. The van der Waals surface area contributed by atoms with E-state index in [0.717, 1.165) is 5.22 Å². The summed E-state index contributed by atoms with van der Waals surface area (Å²) >= 11 is 0. The number of rotatable bonds is 0. The zero-order chi connectivity index (χ0) is 6.85. The van der Waals surface area contributed by atoms with E-state index >= 15 is 0 Å². The Kier molecular flexibility index (Phi) is 0.411. The van der Waals surface area contributed by atoms with Gasteiger partial charge in [0.05, 0.1) is 1.37 Å². The summed E-state index contributed by atoms with van der Waals surface area (Å²) in [5, 5.41) is 0.949. The van der Waals surface area contributed by atoms with Gasteiger partial charge in [-0.25, -0.2) is 0 Å². The maximum Gasteiger partial charge on any atom is 0.273 e. The Morgan fingerprint density at radius 2 is 3.00 bits per heavy atom. The van der Waals surface area contributed by atoms with Gasteiger partial charge in [-0.1, -0.05) is 12.0 Å². The quantitative estimate of drug-likeness (QED) is 0.411. The summed E-state index contributed by atoms with van der Waals surface area (Å²) in [5.41, 5.74) is 0. The van der Waals surface area contributed by atoms with E-state index in [-0.39, 0.29) is 12.0 Å². The van der Waals surface area contributed by atoms with Gasteiger partial charge in [0.2, 0.25) is 0 Å². The van der Waals surface area contributed by atoms with Crippen molar-refractivity contribution in [3.8, 4) is 0 Å². The minimum atomic E-state index is 0.192. The third kappa shape index (κ3) is 0.644. The molecule has 0 aromatic heterocycles. The fourth-order valence-corrected chi connectivity index (χ4v) is 0.246. The highest BCUT2D eigenvalue weighted by Crippen LogP contribution is 1.76. The van der Waals surface area contributed by atoms with Crippen molar-refractivity contribution in [3.05, 3.63) is 24.3 Å². The molecule has 0 atom stereocenters. The van der Waals surface area contributed by atoms with Crippen molar-refractivity contribution in [2.75, 3.05) is 0 Å². The van der Waals surface area contributed by atoms with E-state index < -0.39 is 0 Å². The zero-order valence-electron chi connectivity index (χ0n) is 6.18. The Bertz CT molecular complexity index is 177. The number of allylic oxidation sites excluding steroid dienone is 2. The van der Waals surface area contributed by atoms with Crippen LogP contribution in [0.1, 0.15) is 2.74 Å². The first kappa shape index (κ1) is 1.45. The molecule has 0 unspecified atom stereocenters. The Morgan fingerprint density at radius 1 is 2.00 bits per heavy atom. The van der Waals surface area contributed by atoms with Crippen LogP contribution in [0.15, 0.2) is 24.3 Å². The number of hydrogen-bond acceptors (Lipinski definition) is 1. The minimum absolute atomic E-state index is 0.192. The van der Waals surface area contributed by atoms with Crippen molar-refractivity contribution in [1.82, 2.24) is 5.22 Å². The fourth-order valence-electron chi connectivity index (χ4n) is 0.246. The first-order valence-electron chi connectivity index (χ1n) is 3.12. The topological polar surface area (TPSA) is 12.0 Å². The molecular formula is C4H5BN. The first-order chi connectivity index (χ1) is 4.18. The third-order valence-corrected chi connectivity index (χ3v) is 0.465. The van der Waals surface area contributed by atoms with E-state index in [9.17, 15) is 0 Å². The highest BCUT2D eigenvalue weighted by molar-refractivity contribution is 6.39. The van der Waals surface area contributed by atoms with Gasteiger partial charge in [-0.15, -0.1) is 0 Å². The fraction of sp³-hybridized carbons (Fsp3) is 0. The highest BCUT2D eigenvalue weighted by Gasteiger charge is 1.78. The Hall–Kier alpha value is -0.655. The second-order valence-corrected chi connectivity index (χ2v) is 0.885. The largest absolute Gasteiger partial charge is 0.434 e. The normalized spacial score (nSPS) is 28.0. The molecule has 1 heterocycles. The molecule has 0 amide bonds. The van der Waals surface area contributed by atoms with Crippen LogP contribution in [0.3, 0.4) is 0 Å². The van der Waals surface area contributed by atoms with Crippen LogP contribution in [0, 0.1) is 0 Å². The summed E-state index contributed by atoms with van der Waals surface area (Å²) in [6.45, 7) is 0. The van der Waals surface area contributed by atoms with E-state index in [1.54, 1.807) is 0 Å². The van der Waals surface area contributed by atoms with E-state index in [1.165, 1.54) is 19.7 Å². The van der Waals surface area contributed by atoms with E-state index in [2.05, 4.69) is 0 Å². The third-order valence-electron chi connectivity index (χ3n) is 0.465. The van der Waals surface area contributed by atoms with Crippen molar-refractivity contribution in [3.63, 3.8) is 0 Å². The number of hydrogen-bond donors (Lipinski definition) is 1. The van der Waals surface area contributed by atoms with Crippen LogP contribution in [-0.2, 0) is 0 Å². The molecule has 0 fully saturated rings. The second-order valence-electron chi connectivity index (χ2n) is 0.885. The van der Waals surface area contributed by atoms with Crippen LogP contribution in [-0.4, -0.2) is 7.41 Å². The zero-order valence-corrected chi connectivity index (χ0v) is 3.18. The monoisotopic (exact) mass is 81.1 g/mol. The van der Waals surface area contributed by atoms with Crippen LogP contribution >= 0.6 is 0 Å². The lowest BCUT2D eigenvalue weighted by Crippen LogP contribution is -2.10. The lowest BCUT2D eigenvalue weighted by atomic mass is 9.93. The van der Waals surface area contributed by atoms with Gasteiger partial charge in [0, 0.05) is 1.37 Å². The van der Waals surface area contributed by atoms with Crippen molar-refractivity contribution in [2.45, 2.75) is 0 Å². The minimum Gasteiger partial charge on any atom is -0.434 e. The summed E-state index contributed by atoms with van der Waals surface area (Å²) in [5.74, 6) is 0.192. The predicted molar refractivity (Wildman–Crippen MR) is 27.2 cm³/mol. The molecule has 29 valence electrons. The SMILES string of the molecule is [2H]C1=CC([2H])=CN([2H])[B]1. The van der Waals surface area contributed by atoms with Gasteiger partial charge in [0.1, 0.15) is 1.41 Å². The standard InChI is InChI=1S/C4H5BN/c1-2-4-6-5-3-1/h1-4,6H/i2D,3D/hD. The van der Waals surface area contributed by atoms with Gasteiger partial charge in [0.15, 0.2) is 0 Å². The molecule has 1 nitrogen and oxygen atoms in total. The summed E-state index contributed by atoms with van der Waals surface area (Å²) in [7, 11) is 1.32. The van der Waals surface area contributed by atoms with E-state index in [4.69, 9.17) is 4.15 Å². The van der Waals surface area contributed by atoms with Crippen LogP contribution in [0.4, 0.5) is 0 Å². The molecule has 1 radical (unpaired) electrons. The van der Waals surface area contributed by atoms with Gasteiger partial charge < -0.3 is 5.22 Å². The highest BCUT2D eigenvalue weighted by atomic mass is 14.7. The molecule has 1 N–H and O–H groups in total. The molecule has 1 aliphatic rings. The average molecular weight is 80.9 g/mol. The smallest absolute Gasteiger partial charge is 0.273 e.